The van der Waals surface area contributed by atoms with Crippen LogP contribution in [0.1, 0.15) is 47.5 Å². The van der Waals surface area contributed by atoms with Crippen molar-refractivity contribution in [3.63, 3.8) is 0 Å². The predicted molar refractivity (Wildman–Crippen MR) is 57.6 cm³/mol. The van der Waals surface area contributed by atoms with Crippen molar-refractivity contribution in [3.8, 4) is 0 Å². The van der Waals surface area contributed by atoms with Crippen molar-refractivity contribution in [2.24, 2.45) is 5.41 Å². The molecule has 1 atom stereocenters. The minimum absolute atomic E-state index is 0.146. The highest BCUT2D eigenvalue weighted by Crippen LogP contribution is 2.26. The molecule has 3 heteroatoms. The average molecular weight is 206 g/mol. The summed E-state index contributed by atoms with van der Waals surface area (Å²) >= 11 is 0. The van der Waals surface area contributed by atoms with E-state index < -0.39 is 9.84 Å². The maximum atomic E-state index is 11.7. The van der Waals surface area contributed by atoms with E-state index in [0.29, 0.717) is 5.75 Å². The van der Waals surface area contributed by atoms with E-state index in [1.165, 1.54) is 0 Å². The zero-order valence-corrected chi connectivity index (χ0v) is 10.2. The normalized spacial score (nSPS) is 15.8. The van der Waals surface area contributed by atoms with Crippen LogP contribution < -0.4 is 0 Å². The van der Waals surface area contributed by atoms with Crippen LogP contribution in [0.2, 0.25) is 0 Å². The lowest BCUT2D eigenvalue weighted by Gasteiger charge is -2.26. The van der Waals surface area contributed by atoms with E-state index in [0.717, 1.165) is 12.8 Å². The molecular formula is C10H22O2S. The van der Waals surface area contributed by atoms with Gasteiger partial charge in [0.2, 0.25) is 0 Å². The van der Waals surface area contributed by atoms with Gasteiger partial charge in [0.25, 0.3) is 0 Å². The Morgan fingerprint density at radius 3 is 2.00 bits per heavy atom. The molecule has 0 spiro atoms. The molecule has 0 radical (unpaired) electrons. The molecule has 0 saturated carbocycles. The molecule has 0 aromatic heterocycles. The lowest BCUT2D eigenvalue weighted by atomic mass is 9.93. The Labute approximate surface area is 82.6 Å². The van der Waals surface area contributed by atoms with Gasteiger partial charge >= 0.3 is 0 Å². The lowest BCUT2D eigenvalue weighted by Crippen LogP contribution is -2.33. The summed E-state index contributed by atoms with van der Waals surface area (Å²) in [6.07, 6.45) is 1.72. The molecule has 0 aromatic carbocycles. The molecule has 0 fully saturated rings. The van der Waals surface area contributed by atoms with Crippen molar-refractivity contribution in [2.75, 3.05) is 5.75 Å². The second-order valence-electron chi connectivity index (χ2n) is 4.73. The van der Waals surface area contributed by atoms with Gasteiger partial charge in [-0.1, -0.05) is 34.1 Å². The summed E-state index contributed by atoms with van der Waals surface area (Å²) in [7, 11) is -2.88. The molecule has 1 unspecified atom stereocenters. The van der Waals surface area contributed by atoms with E-state index in [1.54, 1.807) is 0 Å². The molecule has 0 heterocycles. The molecule has 0 rings (SSSR count). The van der Waals surface area contributed by atoms with Crippen LogP contribution in [-0.4, -0.2) is 19.4 Å². The van der Waals surface area contributed by atoms with Gasteiger partial charge in [0.1, 0.15) is 0 Å². The summed E-state index contributed by atoms with van der Waals surface area (Å²) in [6.45, 7) is 9.74. The Kier molecular flexibility index (Phi) is 4.43. The first-order valence-corrected chi connectivity index (χ1v) is 6.65. The Morgan fingerprint density at radius 1 is 1.23 bits per heavy atom. The number of sulfone groups is 1. The van der Waals surface area contributed by atoms with Gasteiger partial charge in [-0.3, -0.25) is 0 Å². The summed E-state index contributed by atoms with van der Waals surface area (Å²) in [5.74, 6) is 0.335. The Hall–Kier alpha value is -0.0500. The van der Waals surface area contributed by atoms with Crippen LogP contribution in [-0.2, 0) is 9.84 Å². The van der Waals surface area contributed by atoms with E-state index in [4.69, 9.17) is 0 Å². The highest BCUT2D eigenvalue weighted by atomic mass is 32.2. The van der Waals surface area contributed by atoms with Crippen LogP contribution in [0, 0.1) is 5.41 Å². The lowest BCUT2D eigenvalue weighted by molar-refractivity contribution is 0.392. The van der Waals surface area contributed by atoms with Gasteiger partial charge in [0, 0.05) is 0 Å². The first kappa shape index (κ1) is 12.9. The van der Waals surface area contributed by atoms with E-state index in [-0.39, 0.29) is 10.7 Å². The number of unbranched alkanes of at least 4 members (excludes halogenated alkanes) is 1. The zero-order chi connectivity index (χ0) is 10.7. The van der Waals surface area contributed by atoms with E-state index >= 15 is 0 Å². The van der Waals surface area contributed by atoms with Crippen molar-refractivity contribution in [2.45, 2.75) is 52.7 Å². The van der Waals surface area contributed by atoms with Crippen molar-refractivity contribution in [3.05, 3.63) is 0 Å². The third-order valence-electron chi connectivity index (χ3n) is 2.54. The highest BCUT2D eigenvalue weighted by molar-refractivity contribution is 7.92. The van der Waals surface area contributed by atoms with Crippen LogP contribution in [0.5, 0.6) is 0 Å². The molecule has 0 aliphatic heterocycles. The Morgan fingerprint density at radius 2 is 1.69 bits per heavy atom. The van der Waals surface area contributed by atoms with Crippen molar-refractivity contribution < 1.29 is 8.42 Å². The molecule has 0 aliphatic carbocycles. The largest absolute Gasteiger partial charge is 0.229 e. The van der Waals surface area contributed by atoms with Crippen molar-refractivity contribution in [1.29, 1.82) is 0 Å². The van der Waals surface area contributed by atoms with Crippen LogP contribution >= 0.6 is 0 Å². The fourth-order valence-corrected chi connectivity index (χ4v) is 3.18. The number of rotatable bonds is 4. The van der Waals surface area contributed by atoms with Crippen molar-refractivity contribution in [1.82, 2.24) is 0 Å². The fourth-order valence-electron chi connectivity index (χ4n) is 1.06. The predicted octanol–water partition coefficient (Wildman–Crippen LogP) is 2.64. The van der Waals surface area contributed by atoms with Gasteiger partial charge in [0.05, 0.1) is 11.0 Å². The quantitative estimate of drug-likeness (QED) is 0.708. The molecule has 2 nitrogen and oxygen atoms in total. The molecular weight excluding hydrogens is 184 g/mol. The topological polar surface area (TPSA) is 34.1 Å². The second-order valence-corrected chi connectivity index (χ2v) is 7.17. The summed E-state index contributed by atoms with van der Waals surface area (Å²) in [4.78, 5) is 0. The molecule has 0 saturated heterocycles. The summed E-state index contributed by atoms with van der Waals surface area (Å²) in [5.41, 5.74) is -0.146. The maximum absolute atomic E-state index is 11.7. The van der Waals surface area contributed by atoms with Gasteiger partial charge < -0.3 is 0 Å². The van der Waals surface area contributed by atoms with E-state index in [2.05, 4.69) is 0 Å². The van der Waals surface area contributed by atoms with Gasteiger partial charge in [-0.25, -0.2) is 8.42 Å². The minimum Gasteiger partial charge on any atom is -0.229 e. The first-order valence-electron chi connectivity index (χ1n) is 4.93. The van der Waals surface area contributed by atoms with Gasteiger partial charge in [-0.15, -0.1) is 0 Å². The molecule has 80 valence electrons. The highest BCUT2D eigenvalue weighted by Gasteiger charge is 2.31. The zero-order valence-electron chi connectivity index (χ0n) is 9.42. The Balaban J connectivity index is 4.47. The molecule has 13 heavy (non-hydrogen) atoms. The molecule has 0 amide bonds. The summed E-state index contributed by atoms with van der Waals surface area (Å²) in [6, 6.07) is 0. The van der Waals surface area contributed by atoms with Gasteiger partial charge in [-0.2, -0.15) is 0 Å². The maximum Gasteiger partial charge on any atom is 0.153 e. The van der Waals surface area contributed by atoms with Gasteiger partial charge in [0.15, 0.2) is 9.84 Å². The minimum atomic E-state index is -2.88. The summed E-state index contributed by atoms with van der Waals surface area (Å²) < 4.78 is 23.5. The van der Waals surface area contributed by atoms with Gasteiger partial charge in [-0.05, 0) is 18.8 Å². The SMILES string of the molecule is CCCCS(=O)(=O)C(C)C(C)(C)C. The third-order valence-corrected chi connectivity index (χ3v) is 5.18. The van der Waals surface area contributed by atoms with E-state index in [9.17, 15) is 8.42 Å². The monoisotopic (exact) mass is 206 g/mol. The Bertz CT molecular complexity index is 234. The van der Waals surface area contributed by atoms with Crippen LogP contribution in [0.25, 0.3) is 0 Å². The molecule has 0 aliphatic rings. The number of hydrogen-bond donors (Lipinski definition) is 0. The second kappa shape index (κ2) is 4.45. The van der Waals surface area contributed by atoms with Crippen molar-refractivity contribution >= 4 is 9.84 Å². The van der Waals surface area contributed by atoms with E-state index in [1.807, 2.05) is 34.6 Å². The van der Waals surface area contributed by atoms with Crippen LogP contribution in [0.4, 0.5) is 0 Å². The molecule has 0 aromatic rings. The standard InChI is InChI=1S/C10H22O2S/c1-6-7-8-13(11,12)9(2)10(3,4)5/h9H,6-8H2,1-5H3. The molecule has 0 N–H and O–H groups in total. The van der Waals surface area contributed by atoms with Crippen LogP contribution in [0.3, 0.4) is 0 Å². The first-order chi connectivity index (χ1) is 5.72. The smallest absolute Gasteiger partial charge is 0.153 e. The number of hydrogen-bond acceptors (Lipinski definition) is 2. The average Bonchev–Trinajstić information content (AvgIpc) is 1.98. The fraction of sp³-hybridized carbons (Fsp3) is 1.00. The third kappa shape index (κ3) is 4.12. The summed E-state index contributed by atoms with van der Waals surface area (Å²) in [5, 5.41) is -0.244. The van der Waals surface area contributed by atoms with Crippen LogP contribution in [0.15, 0.2) is 0 Å². The molecule has 0 bridgehead atoms.